The van der Waals surface area contributed by atoms with Gasteiger partial charge in [-0.1, -0.05) is 0 Å². The summed E-state index contributed by atoms with van der Waals surface area (Å²) < 4.78 is 5.00. The Balaban J connectivity index is 2.21. The van der Waals surface area contributed by atoms with E-state index >= 15 is 0 Å². The highest BCUT2D eigenvalue weighted by molar-refractivity contribution is 6.21. The fourth-order valence-corrected chi connectivity index (χ4v) is 2.58. The largest absolute Gasteiger partial charge is 0.543 e. The van der Waals surface area contributed by atoms with Gasteiger partial charge in [0.25, 0.3) is 0 Å². The lowest BCUT2D eigenvalue weighted by molar-refractivity contribution is 0.385. The number of rotatable bonds is 1. The van der Waals surface area contributed by atoms with E-state index in [1.807, 2.05) is 0 Å². The van der Waals surface area contributed by atoms with E-state index in [0.29, 0.717) is 17.2 Å². The van der Waals surface area contributed by atoms with Crippen molar-refractivity contribution in [1.82, 2.24) is 0 Å². The van der Waals surface area contributed by atoms with Crippen molar-refractivity contribution in [3.8, 4) is 0 Å². The van der Waals surface area contributed by atoms with E-state index in [4.69, 9.17) is 16.0 Å². The Morgan fingerprint density at radius 3 is 2.70 bits per heavy atom. The molecule has 1 nitrogen and oxygen atoms in total. The Labute approximate surface area is 68.9 Å². The van der Waals surface area contributed by atoms with Gasteiger partial charge in [-0.2, -0.15) is 0 Å². The van der Waals surface area contributed by atoms with Crippen molar-refractivity contribution in [2.75, 3.05) is 0 Å². The first-order valence-electron chi connectivity index (χ1n) is 3.52. The SMILES string of the molecule is [Si]OC1=C[C@@H]2CC[C@H]1[C@H]2Cl. The molecule has 0 spiro atoms. The molecule has 2 aliphatic rings. The van der Waals surface area contributed by atoms with E-state index in [9.17, 15) is 0 Å². The van der Waals surface area contributed by atoms with Crippen LogP contribution in [0, 0.1) is 11.8 Å². The molecular formula is C7H8ClOSi. The molecule has 0 N–H and O–H groups in total. The first-order chi connectivity index (χ1) is 4.83. The maximum atomic E-state index is 6.10. The van der Waals surface area contributed by atoms with Crippen LogP contribution in [0.1, 0.15) is 12.8 Å². The molecule has 0 aromatic rings. The second-order valence-electron chi connectivity index (χ2n) is 2.96. The lowest BCUT2D eigenvalue weighted by Crippen LogP contribution is -2.08. The van der Waals surface area contributed by atoms with Crippen LogP contribution < -0.4 is 0 Å². The second kappa shape index (κ2) is 2.27. The summed E-state index contributed by atoms with van der Waals surface area (Å²) in [5, 5.41) is 0.298. The van der Waals surface area contributed by atoms with Crippen LogP contribution in [0.3, 0.4) is 0 Å². The molecule has 0 heterocycles. The van der Waals surface area contributed by atoms with Crippen LogP contribution in [-0.2, 0) is 4.43 Å². The summed E-state index contributed by atoms with van der Waals surface area (Å²) in [6.45, 7) is 0. The number of fused-ring (bicyclic) bond motifs is 2. The fraction of sp³-hybridized carbons (Fsp3) is 0.714. The molecule has 2 rings (SSSR count). The highest BCUT2D eigenvalue weighted by atomic mass is 35.5. The van der Waals surface area contributed by atoms with Crippen LogP contribution in [0.5, 0.6) is 0 Å². The van der Waals surface area contributed by atoms with Crippen LogP contribution in [0.4, 0.5) is 0 Å². The van der Waals surface area contributed by atoms with Gasteiger partial charge in [0.15, 0.2) is 0 Å². The highest BCUT2D eigenvalue weighted by Gasteiger charge is 2.41. The summed E-state index contributed by atoms with van der Waals surface area (Å²) in [4.78, 5) is 0. The Hall–Kier alpha value is 0.0469. The van der Waals surface area contributed by atoms with Gasteiger partial charge in [0.05, 0.1) is 5.76 Å². The van der Waals surface area contributed by atoms with E-state index in [-0.39, 0.29) is 0 Å². The molecule has 1 saturated carbocycles. The number of hydrogen-bond donors (Lipinski definition) is 0. The molecule has 10 heavy (non-hydrogen) atoms. The van der Waals surface area contributed by atoms with Gasteiger partial charge >= 0.3 is 10.5 Å². The number of halogens is 1. The average molecular weight is 172 g/mol. The van der Waals surface area contributed by atoms with Crippen molar-refractivity contribution in [1.29, 1.82) is 0 Å². The minimum Gasteiger partial charge on any atom is -0.543 e. The maximum absolute atomic E-state index is 6.10. The molecule has 53 valence electrons. The highest BCUT2D eigenvalue weighted by Crippen LogP contribution is 2.46. The topological polar surface area (TPSA) is 9.23 Å². The minimum atomic E-state index is 0.298. The van der Waals surface area contributed by atoms with Crippen LogP contribution in [0.15, 0.2) is 11.8 Å². The first-order valence-corrected chi connectivity index (χ1v) is 4.36. The van der Waals surface area contributed by atoms with Crippen molar-refractivity contribution < 1.29 is 4.43 Å². The summed E-state index contributed by atoms with van der Waals surface area (Å²) in [6.07, 6.45) is 4.56. The quantitative estimate of drug-likeness (QED) is 0.431. The van der Waals surface area contributed by atoms with E-state index in [2.05, 4.69) is 16.6 Å². The average Bonchev–Trinajstić information content (AvgIpc) is 2.46. The van der Waals surface area contributed by atoms with Crippen molar-refractivity contribution in [2.45, 2.75) is 18.2 Å². The molecule has 0 saturated heterocycles. The van der Waals surface area contributed by atoms with Gasteiger partial charge in [-0.05, 0) is 24.8 Å². The van der Waals surface area contributed by atoms with Crippen LogP contribution in [0.2, 0.25) is 0 Å². The number of allylic oxidation sites excluding steroid dienone is 2. The summed E-state index contributed by atoms with van der Waals surface area (Å²) in [6, 6.07) is 0. The minimum absolute atomic E-state index is 0.298. The lowest BCUT2D eigenvalue weighted by Gasteiger charge is -2.11. The van der Waals surface area contributed by atoms with Crippen molar-refractivity contribution >= 4 is 22.1 Å². The fourth-order valence-electron chi connectivity index (χ4n) is 1.91. The third-order valence-corrected chi connectivity index (χ3v) is 3.33. The molecule has 3 atom stereocenters. The monoisotopic (exact) mass is 171 g/mol. The van der Waals surface area contributed by atoms with Gasteiger partial charge in [0.2, 0.25) is 0 Å². The normalized spacial score (nSPS) is 43.8. The van der Waals surface area contributed by atoms with Gasteiger partial charge in [-0.25, -0.2) is 0 Å². The van der Waals surface area contributed by atoms with Crippen LogP contribution >= 0.6 is 11.6 Å². The first kappa shape index (κ1) is 6.74. The van der Waals surface area contributed by atoms with E-state index in [1.165, 1.54) is 12.8 Å². The molecule has 1 fully saturated rings. The predicted octanol–water partition coefficient (Wildman–Crippen LogP) is 1.62. The van der Waals surface area contributed by atoms with Gasteiger partial charge in [0.1, 0.15) is 0 Å². The van der Waals surface area contributed by atoms with Gasteiger partial charge < -0.3 is 4.43 Å². The maximum Gasteiger partial charge on any atom is 0.340 e. The van der Waals surface area contributed by atoms with Crippen molar-refractivity contribution in [2.24, 2.45) is 11.8 Å². The molecule has 0 aliphatic heterocycles. The number of hydrogen-bond acceptors (Lipinski definition) is 1. The van der Waals surface area contributed by atoms with Gasteiger partial charge in [-0.15, -0.1) is 11.6 Å². The van der Waals surface area contributed by atoms with E-state index < -0.39 is 0 Å². The Kier molecular flexibility index (Phi) is 1.53. The van der Waals surface area contributed by atoms with Crippen molar-refractivity contribution in [3.05, 3.63) is 11.8 Å². The molecule has 3 heteroatoms. The third-order valence-electron chi connectivity index (χ3n) is 2.47. The standard InChI is InChI=1S/C7H8ClOSi/c8-7-4-1-2-5(7)6(3-4)9-10/h3-5,7H,1-2H2/t4-,5+,7-/m0/s1. The smallest absolute Gasteiger partial charge is 0.340 e. The molecule has 2 aliphatic carbocycles. The summed E-state index contributed by atoms with van der Waals surface area (Å²) in [7, 11) is 3.02. The Morgan fingerprint density at radius 1 is 1.60 bits per heavy atom. The van der Waals surface area contributed by atoms with Crippen LogP contribution in [0.25, 0.3) is 0 Å². The van der Waals surface area contributed by atoms with Crippen LogP contribution in [-0.4, -0.2) is 15.9 Å². The molecule has 0 aromatic heterocycles. The van der Waals surface area contributed by atoms with Gasteiger partial charge in [-0.3, -0.25) is 0 Å². The zero-order valence-electron chi connectivity index (χ0n) is 5.51. The Bertz CT molecular complexity index is 180. The summed E-state index contributed by atoms with van der Waals surface area (Å²) in [5.74, 6) is 2.08. The molecular weight excluding hydrogens is 164 g/mol. The zero-order chi connectivity index (χ0) is 7.14. The second-order valence-corrected chi connectivity index (χ2v) is 3.67. The molecule has 2 bridgehead atoms. The lowest BCUT2D eigenvalue weighted by atomic mass is 10.1. The Morgan fingerprint density at radius 2 is 2.40 bits per heavy atom. The third kappa shape index (κ3) is 0.752. The molecule has 0 unspecified atom stereocenters. The summed E-state index contributed by atoms with van der Waals surface area (Å²) in [5.41, 5.74) is 0. The predicted molar refractivity (Wildman–Crippen MR) is 40.8 cm³/mol. The summed E-state index contributed by atoms with van der Waals surface area (Å²) >= 11 is 6.10. The number of alkyl halides is 1. The van der Waals surface area contributed by atoms with Gasteiger partial charge in [0, 0.05) is 11.3 Å². The van der Waals surface area contributed by atoms with E-state index in [1.54, 1.807) is 0 Å². The van der Waals surface area contributed by atoms with E-state index in [0.717, 1.165) is 5.76 Å². The zero-order valence-corrected chi connectivity index (χ0v) is 7.27. The van der Waals surface area contributed by atoms with Crippen molar-refractivity contribution in [3.63, 3.8) is 0 Å². The molecule has 0 aromatic carbocycles. The molecule has 3 radical (unpaired) electrons. The molecule has 0 amide bonds.